The van der Waals surface area contributed by atoms with Gasteiger partial charge in [-0.3, -0.25) is 4.98 Å². The summed E-state index contributed by atoms with van der Waals surface area (Å²) in [4.78, 5) is 5.28. The van der Waals surface area contributed by atoms with Gasteiger partial charge in [0, 0.05) is 16.8 Å². The molecule has 0 amide bonds. The molecule has 1 atom stereocenters. The zero-order valence-electron chi connectivity index (χ0n) is 8.27. The number of aromatic nitrogens is 1. The summed E-state index contributed by atoms with van der Waals surface area (Å²) < 4.78 is 0.764. The molecule has 2 aromatic heterocycles. The van der Waals surface area contributed by atoms with Crippen molar-refractivity contribution in [3.05, 3.63) is 50.9 Å². The molecule has 2 aromatic rings. The number of pyridine rings is 1. The van der Waals surface area contributed by atoms with E-state index in [2.05, 4.69) is 4.98 Å². The standard InChI is InChI=1S/C11H11ClN2S/c1-7-2-3-8(6-14-7)11(13)9-4-5-10(12)15-9/h2-6,11H,13H2,1H3. The lowest BCUT2D eigenvalue weighted by molar-refractivity contribution is 0.881. The Morgan fingerprint density at radius 2 is 2.13 bits per heavy atom. The molecule has 2 heterocycles. The van der Waals surface area contributed by atoms with E-state index < -0.39 is 0 Å². The molecule has 0 aromatic carbocycles. The van der Waals surface area contributed by atoms with Crippen LogP contribution in [0.3, 0.4) is 0 Å². The summed E-state index contributed by atoms with van der Waals surface area (Å²) >= 11 is 7.37. The smallest absolute Gasteiger partial charge is 0.0931 e. The molecule has 2 N–H and O–H groups in total. The Labute approximate surface area is 97.7 Å². The van der Waals surface area contributed by atoms with Gasteiger partial charge < -0.3 is 5.73 Å². The van der Waals surface area contributed by atoms with E-state index in [9.17, 15) is 0 Å². The molecule has 2 nitrogen and oxygen atoms in total. The van der Waals surface area contributed by atoms with Crippen molar-refractivity contribution in [2.24, 2.45) is 5.73 Å². The number of hydrogen-bond donors (Lipinski definition) is 1. The van der Waals surface area contributed by atoms with Gasteiger partial charge in [0.2, 0.25) is 0 Å². The van der Waals surface area contributed by atoms with Crippen LogP contribution in [0, 0.1) is 6.92 Å². The van der Waals surface area contributed by atoms with Gasteiger partial charge in [0.15, 0.2) is 0 Å². The van der Waals surface area contributed by atoms with Crippen molar-refractivity contribution >= 4 is 22.9 Å². The zero-order valence-corrected chi connectivity index (χ0v) is 9.85. The van der Waals surface area contributed by atoms with Crippen molar-refractivity contribution in [1.82, 2.24) is 4.98 Å². The van der Waals surface area contributed by atoms with E-state index in [-0.39, 0.29) is 6.04 Å². The maximum atomic E-state index is 6.09. The second-order valence-electron chi connectivity index (χ2n) is 3.35. The lowest BCUT2D eigenvalue weighted by Gasteiger charge is -2.09. The SMILES string of the molecule is Cc1ccc(C(N)c2ccc(Cl)s2)cn1. The summed E-state index contributed by atoms with van der Waals surface area (Å²) in [5, 5.41) is 0. The summed E-state index contributed by atoms with van der Waals surface area (Å²) in [6.45, 7) is 1.96. The van der Waals surface area contributed by atoms with Gasteiger partial charge in [0.1, 0.15) is 0 Å². The average Bonchev–Trinajstić information content (AvgIpc) is 2.65. The second-order valence-corrected chi connectivity index (χ2v) is 5.10. The normalized spacial score (nSPS) is 12.7. The lowest BCUT2D eigenvalue weighted by Crippen LogP contribution is -2.10. The largest absolute Gasteiger partial charge is 0.320 e. The Balaban J connectivity index is 2.28. The molecule has 0 bridgehead atoms. The highest BCUT2D eigenvalue weighted by molar-refractivity contribution is 7.16. The van der Waals surface area contributed by atoms with Crippen LogP contribution in [0.2, 0.25) is 4.34 Å². The highest BCUT2D eigenvalue weighted by Crippen LogP contribution is 2.29. The molecule has 0 saturated carbocycles. The summed E-state index contributed by atoms with van der Waals surface area (Å²) in [5.74, 6) is 0. The molecule has 0 saturated heterocycles. The third-order valence-corrected chi connectivity index (χ3v) is 3.51. The molecular formula is C11H11ClN2S. The fourth-order valence-electron chi connectivity index (χ4n) is 1.32. The molecule has 0 radical (unpaired) electrons. The number of thiophene rings is 1. The Morgan fingerprint density at radius 1 is 1.33 bits per heavy atom. The minimum absolute atomic E-state index is 0.129. The minimum Gasteiger partial charge on any atom is -0.320 e. The molecule has 15 heavy (non-hydrogen) atoms. The monoisotopic (exact) mass is 238 g/mol. The van der Waals surface area contributed by atoms with Crippen LogP contribution in [0.15, 0.2) is 30.5 Å². The molecular weight excluding hydrogens is 228 g/mol. The molecule has 1 unspecified atom stereocenters. The molecule has 4 heteroatoms. The summed E-state index contributed by atoms with van der Waals surface area (Å²) in [5.41, 5.74) is 8.10. The Hall–Kier alpha value is -0.900. The molecule has 2 rings (SSSR count). The van der Waals surface area contributed by atoms with Gasteiger partial charge in [0.05, 0.1) is 10.4 Å². The van der Waals surface area contributed by atoms with Gasteiger partial charge in [-0.25, -0.2) is 0 Å². The van der Waals surface area contributed by atoms with Crippen LogP contribution in [0.4, 0.5) is 0 Å². The first-order valence-electron chi connectivity index (χ1n) is 4.60. The number of rotatable bonds is 2. The first-order chi connectivity index (χ1) is 7.16. The van der Waals surface area contributed by atoms with Crippen LogP contribution in [-0.4, -0.2) is 4.98 Å². The molecule has 0 aliphatic heterocycles. The van der Waals surface area contributed by atoms with Crippen LogP contribution < -0.4 is 5.73 Å². The van der Waals surface area contributed by atoms with Gasteiger partial charge in [-0.15, -0.1) is 11.3 Å². The quantitative estimate of drug-likeness (QED) is 0.873. The van der Waals surface area contributed by atoms with E-state index in [1.807, 2.05) is 37.4 Å². The molecule has 0 fully saturated rings. The third kappa shape index (κ3) is 2.37. The second kappa shape index (κ2) is 4.31. The van der Waals surface area contributed by atoms with Crippen LogP contribution in [0.1, 0.15) is 22.2 Å². The summed E-state index contributed by atoms with van der Waals surface area (Å²) in [6, 6.07) is 7.65. The summed E-state index contributed by atoms with van der Waals surface area (Å²) in [6.07, 6.45) is 1.81. The molecule has 78 valence electrons. The fourth-order valence-corrected chi connectivity index (χ4v) is 2.41. The predicted molar refractivity (Wildman–Crippen MR) is 64.3 cm³/mol. The van der Waals surface area contributed by atoms with E-state index >= 15 is 0 Å². The average molecular weight is 239 g/mol. The highest BCUT2D eigenvalue weighted by Gasteiger charge is 2.11. The highest BCUT2D eigenvalue weighted by atomic mass is 35.5. The van der Waals surface area contributed by atoms with E-state index in [1.165, 1.54) is 11.3 Å². The van der Waals surface area contributed by atoms with E-state index in [1.54, 1.807) is 0 Å². The number of halogens is 1. The van der Waals surface area contributed by atoms with Gasteiger partial charge in [0.25, 0.3) is 0 Å². The first-order valence-corrected chi connectivity index (χ1v) is 5.79. The van der Waals surface area contributed by atoms with Crippen LogP contribution in [0.5, 0.6) is 0 Å². The van der Waals surface area contributed by atoms with Crippen molar-refractivity contribution in [3.63, 3.8) is 0 Å². The topological polar surface area (TPSA) is 38.9 Å². The Morgan fingerprint density at radius 3 is 2.67 bits per heavy atom. The Kier molecular flexibility index (Phi) is 3.05. The van der Waals surface area contributed by atoms with Gasteiger partial charge >= 0.3 is 0 Å². The van der Waals surface area contributed by atoms with Crippen molar-refractivity contribution in [2.45, 2.75) is 13.0 Å². The minimum atomic E-state index is -0.129. The molecule has 0 aliphatic carbocycles. The van der Waals surface area contributed by atoms with Crippen molar-refractivity contribution < 1.29 is 0 Å². The first kappa shape index (κ1) is 10.6. The van der Waals surface area contributed by atoms with Crippen molar-refractivity contribution in [1.29, 1.82) is 0 Å². The Bertz CT molecular complexity index is 450. The van der Waals surface area contributed by atoms with E-state index in [4.69, 9.17) is 17.3 Å². The third-order valence-electron chi connectivity index (χ3n) is 2.19. The van der Waals surface area contributed by atoms with Crippen molar-refractivity contribution in [3.8, 4) is 0 Å². The number of nitrogens with zero attached hydrogens (tertiary/aromatic N) is 1. The van der Waals surface area contributed by atoms with Gasteiger partial charge in [-0.05, 0) is 30.7 Å². The van der Waals surface area contributed by atoms with Gasteiger partial charge in [-0.1, -0.05) is 17.7 Å². The molecule has 0 aliphatic rings. The van der Waals surface area contributed by atoms with E-state index in [0.717, 1.165) is 20.5 Å². The van der Waals surface area contributed by atoms with Gasteiger partial charge in [-0.2, -0.15) is 0 Å². The zero-order chi connectivity index (χ0) is 10.8. The molecule has 0 spiro atoms. The van der Waals surface area contributed by atoms with Crippen molar-refractivity contribution in [2.75, 3.05) is 0 Å². The predicted octanol–water partition coefficient (Wildman–Crippen LogP) is 3.15. The number of nitrogens with two attached hydrogens (primary N) is 1. The lowest BCUT2D eigenvalue weighted by atomic mass is 10.1. The summed E-state index contributed by atoms with van der Waals surface area (Å²) in [7, 11) is 0. The van der Waals surface area contributed by atoms with Crippen LogP contribution in [0.25, 0.3) is 0 Å². The van der Waals surface area contributed by atoms with Crippen LogP contribution >= 0.6 is 22.9 Å². The van der Waals surface area contributed by atoms with Crippen LogP contribution in [-0.2, 0) is 0 Å². The maximum absolute atomic E-state index is 6.09. The van der Waals surface area contributed by atoms with E-state index in [0.29, 0.717) is 0 Å². The number of hydrogen-bond acceptors (Lipinski definition) is 3. The maximum Gasteiger partial charge on any atom is 0.0931 e. The fraction of sp³-hybridized carbons (Fsp3) is 0.182. The number of aryl methyl sites for hydroxylation is 1.